The van der Waals surface area contributed by atoms with E-state index in [0.717, 1.165) is 16.6 Å². The smallest absolute Gasteiger partial charge is 0.288 e. The fraction of sp³-hybridized carbons (Fsp3) is 0.0435. The fourth-order valence-corrected chi connectivity index (χ4v) is 3.17. The van der Waals surface area contributed by atoms with Crippen molar-refractivity contribution in [1.82, 2.24) is 4.98 Å². The summed E-state index contributed by atoms with van der Waals surface area (Å²) in [7, 11) is 0. The highest BCUT2D eigenvalue weighted by atomic mass is 35.5. The molecule has 0 aliphatic rings. The Bertz CT molecular complexity index is 1330. The van der Waals surface area contributed by atoms with E-state index in [0.29, 0.717) is 22.7 Å². The number of nitro benzene ring substituents is 1. The Hall–Kier alpha value is -3.97. The van der Waals surface area contributed by atoms with Gasteiger partial charge < -0.3 is 9.73 Å². The third-order valence-corrected chi connectivity index (χ3v) is 4.86. The quantitative estimate of drug-likeness (QED) is 0.236. The molecule has 7 nitrogen and oxygen atoms in total. The zero-order chi connectivity index (χ0) is 22.0. The minimum atomic E-state index is -0.570. The van der Waals surface area contributed by atoms with Crippen LogP contribution >= 0.6 is 11.6 Å². The van der Waals surface area contributed by atoms with Gasteiger partial charge in [-0.25, -0.2) is 4.98 Å². The van der Waals surface area contributed by atoms with Gasteiger partial charge in [-0.15, -0.1) is 0 Å². The predicted octanol–water partition coefficient (Wildman–Crippen LogP) is 6.02. The van der Waals surface area contributed by atoms with Gasteiger partial charge in [-0.2, -0.15) is 0 Å². The predicted molar refractivity (Wildman–Crippen MR) is 120 cm³/mol. The van der Waals surface area contributed by atoms with Crippen LogP contribution < -0.4 is 5.32 Å². The topological polar surface area (TPSA) is 98.3 Å². The summed E-state index contributed by atoms with van der Waals surface area (Å²) in [6, 6.07) is 17.2. The van der Waals surface area contributed by atoms with Crippen molar-refractivity contribution in [3.8, 4) is 11.5 Å². The minimum Gasteiger partial charge on any atom is -0.436 e. The molecule has 0 radical (unpaired) electrons. The maximum Gasteiger partial charge on any atom is 0.288 e. The van der Waals surface area contributed by atoms with Gasteiger partial charge >= 0.3 is 0 Å². The van der Waals surface area contributed by atoms with Crippen molar-refractivity contribution in [2.45, 2.75) is 6.92 Å². The van der Waals surface area contributed by atoms with Crippen LogP contribution in [0.4, 0.5) is 11.4 Å². The van der Waals surface area contributed by atoms with Gasteiger partial charge in [-0.1, -0.05) is 23.7 Å². The number of nitrogens with one attached hydrogen (secondary N) is 1. The zero-order valence-electron chi connectivity index (χ0n) is 16.3. The number of benzene rings is 3. The molecule has 0 bridgehead atoms. The molecule has 1 amide bonds. The van der Waals surface area contributed by atoms with Crippen molar-refractivity contribution in [3.63, 3.8) is 0 Å². The van der Waals surface area contributed by atoms with E-state index in [2.05, 4.69) is 10.3 Å². The number of aromatic nitrogens is 1. The second-order valence-corrected chi connectivity index (χ2v) is 7.27. The number of aryl methyl sites for hydroxylation is 1. The van der Waals surface area contributed by atoms with Crippen LogP contribution in [0.15, 0.2) is 71.2 Å². The molecule has 31 heavy (non-hydrogen) atoms. The molecule has 4 aromatic rings. The van der Waals surface area contributed by atoms with E-state index in [-0.39, 0.29) is 16.6 Å². The van der Waals surface area contributed by atoms with Crippen molar-refractivity contribution in [2.75, 3.05) is 5.32 Å². The van der Waals surface area contributed by atoms with Crippen LogP contribution in [0.1, 0.15) is 11.1 Å². The van der Waals surface area contributed by atoms with E-state index in [1.165, 1.54) is 24.3 Å². The molecule has 8 heteroatoms. The number of rotatable bonds is 5. The molecular weight excluding hydrogens is 418 g/mol. The lowest BCUT2D eigenvalue weighted by atomic mass is 10.2. The molecular formula is C23H16ClN3O4. The number of carbonyl (C=O) groups is 1. The average Bonchev–Trinajstić information content (AvgIpc) is 3.16. The number of carbonyl (C=O) groups excluding carboxylic acids is 1. The Morgan fingerprint density at radius 2 is 1.90 bits per heavy atom. The summed E-state index contributed by atoms with van der Waals surface area (Å²) < 4.78 is 5.79. The van der Waals surface area contributed by atoms with Crippen molar-refractivity contribution >= 4 is 46.1 Å². The first-order chi connectivity index (χ1) is 14.9. The Labute approximate surface area is 182 Å². The van der Waals surface area contributed by atoms with Gasteiger partial charge in [0.1, 0.15) is 10.5 Å². The summed E-state index contributed by atoms with van der Waals surface area (Å²) in [6.07, 6.45) is 2.78. The number of anilines is 1. The summed E-state index contributed by atoms with van der Waals surface area (Å²) >= 11 is 5.79. The maximum atomic E-state index is 12.2. The molecule has 1 N–H and O–H groups in total. The molecule has 0 atom stereocenters. The van der Waals surface area contributed by atoms with E-state index >= 15 is 0 Å². The number of oxazole rings is 1. The highest BCUT2D eigenvalue weighted by Gasteiger charge is 2.12. The molecule has 0 unspecified atom stereocenters. The van der Waals surface area contributed by atoms with E-state index < -0.39 is 4.92 Å². The van der Waals surface area contributed by atoms with E-state index in [4.69, 9.17) is 16.0 Å². The lowest BCUT2D eigenvalue weighted by molar-refractivity contribution is -0.384. The first kappa shape index (κ1) is 20.3. The van der Waals surface area contributed by atoms with Gasteiger partial charge in [0.05, 0.1) is 4.92 Å². The SMILES string of the molecule is Cc1ccc2oc(-c3ccc(NC(=O)C=Cc4ccc(Cl)c([N+](=O)[O-])c4)cc3)nc2c1. The molecule has 3 aromatic carbocycles. The molecule has 0 saturated heterocycles. The van der Waals surface area contributed by atoms with Crippen LogP contribution in [-0.2, 0) is 4.79 Å². The molecule has 0 aliphatic heterocycles. The largest absolute Gasteiger partial charge is 0.436 e. The molecule has 0 aliphatic carbocycles. The Balaban J connectivity index is 1.45. The molecule has 0 spiro atoms. The third kappa shape index (κ3) is 4.62. The highest BCUT2D eigenvalue weighted by Crippen LogP contribution is 2.27. The van der Waals surface area contributed by atoms with Gasteiger partial charge in [-0.05, 0) is 66.6 Å². The monoisotopic (exact) mass is 433 g/mol. The standard InChI is InChI=1S/C23H16ClN3O4/c1-14-2-10-21-19(12-14)26-23(31-21)16-5-7-17(8-6-16)25-22(28)11-4-15-3-9-18(24)20(13-15)27(29)30/h2-13H,1H3,(H,25,28). The fourth-order valence-electron chi connectivity index (χ4n) is 2.99. The van der Waals surface area contributed by atoms with Gasteiger partial charge in [0, 0.05) is 23.4 Å². The van der Waals surface area contributed by atoms with Crippen molar-refractivity contribution in [1.29, 1.82) is 0 Å². The first-order valence-corrected chi connectivity index (χ1v) is 9.67. The van der Waals surface area contributed by atoms with Crippen LogP contribution in [0.3, 0.4) is 0 Å². The number of nitrogens with zero attached hydrogens (tertiary/aromatic N) is 2. The second kappa shape index (κ2) is 8.41. The number of hydrogen-bond donors (Lipinski definition) is 1. The van der Waals surface area contributed by atoms with E-state index in [9.17, 15) is 14.9 Å². The Morgan fingerprint density at radius 3 is 2.65 bits per heavy atom. The number of hydrogen-bond acceptors (Lipinski definition) is 5. The molecule has 4 rings (SSSR count). The highest BCUT2D eigenvalue weighted by molar-refractivity contribution is 6.32. The molecule has 0 saturated carbocycles. The van der Waals surface area contributed by atoms with E-state index in [1.807, 2.05) is 25.1 Å². The Kier molecular flexibility index (Phi) is 5.51. The lowest BCUT2D eigenvalue weighted by Crippen LogP contribution is -2.07. The van der Waals surface area contributed by atoms with Gasteiger partial charge in [0.25, 0.3) is 5.69 Å². The van der Waals surface area contributed by atoms with Crippen LogP contribution in [0.25, 0.3) is 28.6 Å². The molecule has 154 valence electrons. The minimum absolute atomic E-state index is 0.0424. The summed E-state index contributed by atoms with van der Waals surface area (Å²) in [6.45, 7) is 1.99. The maximum absolute atomic E-state index is 12.2. The number of amides is 1. The van der Waals surface area contributed by atoms with Gasteiger partial charge in [-0.3, -0.25) is 14.9 Å². The normalized spacial score (nSPS) is 11.2. The second-order valence-electron chi connectivity index (χ2n) is 6.86. The van der Waals surface area contributed by atoms with Crippen molar-refractivity contribution in [2.24, 2.45) is 0 Å². The van der Waals surface area contributed by atoms with Crippen LogP contribution in [-0.4, -0.2) is 15.8 Å². The Morgan fingerprint density at radius 1 is 1.13 bits per heavy atom. The van der Waals surface area contributed by atoms with Crippen molar-refractivity contribution < 1.29 is 14.1 Å². The van der Waals surface area contributed by atoms with E-state index in [1.54, 1.807) is 30.3 Å². The number of fused-ring (bicyclic) bond motifs is 1. The molecule has 1 heterocycles. The summed E-state index contributed by atoms with van der Waals surface area (Å²) in [5.41, 5.74) is 4.27. The zero-order valence-corrected chi connectivity index (χ0v) is 17.1. The van der Waals surface area contributed by atoms with Gasteiger partial charge in [0.2, 0.25) is 11.8 Å². The van der Waals surface area contributed by atoms with Crippen LogP contribution in [0.2, 0.25) is 5.02 Å². The average molecular weight is 434 g/mol. The number of nitro groups is 1. The molecule has 0 fully saturated rings. The van der Waals surface area contributed by atoms with Gasteiger partial charge in [0.15, 0.2) is 5.58 Å². The summed E-state index contributed by atoms with van der Waals surface area (Å²) in [4.78, 5) is 27.1. The van der Waals surface area contributed by atoms with Crippen LogP contribution in [0, 0.1) is 17.0 Å². The van der Waals surface area contributed by atoms with Crippen LogP contribution in [0.5, 0.6) is 0 Å². The first-order valence-electron chi connectivity index (χ1n) is 9.30. The van der Waals surface area contributed by atoms with Crippen molar-refractivity contribution in [3.05, 3.63) is 93.0 Å². The lowest BCUT2D eigenvalue weighted by Gasteiger charge is -2.03. The summed E-state index contributed by atoms with van der Waals surface area (Å²) in [5.74, 6) is 0.130. The summed E-state index contributed by atoms with van der Waals surface area (Å²) in [5, 5.41) is 13.7. The number of halogens is 1. The third-order valence-electron chi connectivity index (χ3n) is 4.54. The molecule has 1 aromatic heterocycles.